The van der Waals surface area contributed by atoms with Crippen LogP contribution >= 0.6 is 46.9 Å². The van der Waals surface area contributed by atoms with Crippen LogP contribution in [0.5, 0.6) is 0 Å². The summed E-state index contributed by atoms with van der Waals surface area (Å²) < 4.78 is 6.12. The number of hydrogen-bond donors (Lipinski definition) is 2. The number of nitrogens with one attached hydrogen (secondary N) is 2. The number of hydrazone groups is 1. The first kappa shape index (κ1) is 21.5. The number of ether oxygens (including phenoxy) is 1. The van der Waals surface area contributed by atoms with E-state index in [1.54, 1.807) is 11.3 Å². The summed E-state index contributed by atoms with van der Waals surface area (Å²) >= 11 is 13.8. The number of carbonyl (C=O) groups is 1. The van der Waals surface area contributed by atoms with Gasteiger partial charge < -0.3 is 10.1 Å². The zero-order valence-electron chi connectivity index (χ0n) is 14.8. The van der Waals surface area contributed by atoms with Crippen molar-refractivity contribution in [2.24, 2.45) is 11.0 Å². The minimum Gasteiger partial charge on any atom is -0.372 e. The minimum atomic E-state index is -0.0967. The lowest BCUT2D eigenvalue weighted by Crippen LogP contribution is -2.26. The fourth-order valence-electron chi connectivity index (χ4n) is 3.30. The van der Waals surface area contributed by atoms with E-state index in [1.807, 2.05) is 23.6 Å². The van der Waals surface area contributed by atoms with Gasteiger partial charge in [0.05, 0.1) is 45.6 Å². The van der Waals surface area contributed by atoms with Gasteiger partial charge in [-0.05, 0) is 17.7 Å². The predicted molar refractivity (Wildman–Crippen MR) is 114 cm³/mol. The molecule has 0 unspecified atom stereocenters. The third-order valence-corrected chi connectivity index (χ3v) is 6.22. The second-order valence-corrected chi connectivity index (χ2v) is 8.29. The smallest absolute Gasteiger partial charge is 0.246 e. The lowest BCUT2D eigenvalue weighted by Gasteiger charge is -2.24. The zero-order chi connectivity index (χ0) is 18.8. The van der Waals surface area contributed by atoms with Gasteiger partial charge >= 0.3 is 0 Å². The van der Waals surface area contributed by atoms with Crippen molar-refractivity contribution in [3.63, 3.8) is 0 Å². The van der Waals surface area contributed by atoms with Crippen LogP contribution in [0, 0.1) is 5.92 Å². The summed E-state index contributed by atoms with van der Waals surface area (Å²) in [6, 6.07) is 5.65. The van der Waals surface area contributed by atoms with Gasteiger partial charge in [0.1, 0.15) is 0 Å². The van der Waals surface area contributed by atoms with Crippen molar-refractivity contribution in [3.05, 3.63) is 49.9 Å². The molecule has 1 fully saturated rings. The normalized spacial score (nSPS) is 22.2. The summed E-state index contributed by atoms with van der Waals surface area (Å²) in [5.74, 6) is 0.106. The molecule has 1 amide bonds. The highest BCUT2D eigenvalue weighted by molar-refractivity contribution is 7.09. The van der Waals surface area contributed by atoms with Gasteiger partial charge in [0.15, 0.2) is 0 Å². The van der Waals surface area contributed by atoms with E-state index < -0.39 is 0 Å². The van der Waals surface area contributed by atoms with E-state index >= 15 is 0 Å². The molecule has 1 aromatic carbocycles. The van der Waals surface area contributed by atoms with Crippen LogP contribution < -0.4 is 10.7 Å². The molecule has 2 aliphatic heterocycles. The largest absolute Gasteiger partial charge is 0.372 e. The number of aromatic nitrogens is 1. The standard InChI is InChI=1S/C18H18Cl2N4O2S.ClH/c19-12-2-1-10(5-13(12)20)18-11(8-21-3-4-26-18)6-17-22-15(9-27-17)14-7-16(25)24-23-14;/h1-2,5,9,11,18,21H,3-4,6-8H2,(H,24,25);1H/t11-,18+;/m1./s1. The summed E-state index contributed by atoms with van der Waals surface area (Å²) in [6.45, 7) is 2.26. The number of halogens is 3. The van der Waals surface area contributed by atoms with Gasteiger partial charge in [-0.15, -0.1) is 23.7 Å². The molecule has 2 N–H and O–H groups in total. The van der Waals surface area contributed by atoms with E-state index in [4.69, 9.17) is 27.9 Å². The van der Waals surface area contributed by atoms with E-state index in [1.165, 1.54) is 0 Å². The Labute approximate surface area is 183 Å². The van der Waals surface area contributed by atoms with Crippen molar-refractivity contribution in [1.82, 2.24) is 15.7 Å². The van der Waals surface area contributed by atoms with Gasteiger partial charge in [-0.3, -0.25) is 4.79 Å². The maximum atomic E-state index is 11.3. The second-order valence-electron chi connectivity index (χ2n) is 6.53. The van der Waals surface area contributed by atoms with Crippen LogP contribution in [0.4, 0.5) is 0 Å². The number of amides is 1. The van der Waals surface area contributed by atoms with Crippen molar-refractivity contribution in [1.29, 1.82) is 0 Å². The summed E-state index contributed by atoms with van der Waals surface area (Å²) in [6.07, 6.45) is 0.953. The fraction of sp³-hybridized carbons (Fsp3) is 0.389. The van der Waals surface area contributed by atoms with Gasteiger partial charge in [0, 0.05) is 30.8 Å². The lowest BCUT2D eigenvalue weighted by molar-refractivity contribution is -0.119. The van der Waals surface area contributed by atoms with Gasteiger partial charge in [-0.2, -0.15) is 5.10 Å². The first-order chi connectivity index (χ1) is 13.1. The number of nitrogens with zero attached hydrogens (tertiary/aromatic N) is 2. The average Bonchev–Trinajstić information content (AvgIpc) is 3.22. The van der Waals surface area contributed by atoms with E-state index in [2.05, 4.69) is 20.8 Å². The summed E-state index contributed by atoms with van der Waals surface area (Å²) in [5.41, 5.74) is 4.94. The molecule has 0 aliphatic carbocycles. The Morgan fingerprint density at radius 3 is 2.89 bits per heavy atom. The van der Waals surface area contributed by atoms with Crippen molar-refractivity contribution < 1.29 is 9.53 Å². The van der Waals surface area contributed by atoms with Crippen molar-refractivity contribution in [2.75, 3.05) is 19.7 Å². The third-order valence-electron chi connectivity index (χ3n) is 4.61. The van der Waals surface area contributed by atoms with Crippen LogP contribution in [-0.2, 0) is 16.0 Å². The van der Waals surface area contributed by atoms with Crippen LogP contribution in [0.25, 0.3) is 0 Å². The van der Waals surface area contributed by atoms with Crippen LogP contribution in [-0.4, -0.2) is 36.3 Å². The van der Waals surface area contributed by atoms with E-state index in [-0.39, 0.29) is 36.8 Å². The van der Waals surface area contributed by atoms with Crippen LogP contribution in [0.3, 0.4) is 0 Å². The molecule has 4 rings (SSSR count). The Morgan fingerprint density at radius 2 is 2.14 bits per heavy atom. The Bertz CT molecular complexity index is 889. The van der Waals surface area contributed by atoms with Crippen molar-refractivity contribution in [3.8, 4) is 0 Å². The Hall–Kier alpha value is -1.22. The second kappa shape index (κ2) is 9.52. The minimum absolute atomic E-state index is 0. The molecule has 1 aromatic heterocycles. The SMILES string of the molecule is Cl.O=C1CC(c2csc(C[C@@H]3CNCCO[C@H]3c3ccc(Cl)c(Cl)c3)n2)=NN1. The number of carbonyl (C=O) groups excluding carboxylic acids is 1. The molecule has 0 spiro atoms. The molecule has 0 radical (unpaired) electrons. The van der Waals surface area contributed by atoms with E-state index in [0.29, 0.717) is 22.4 Å². The van der Waals surface area contributed by atoms with E-state index in [0.717, 1.165) is 35.8 Å². The monoisotopic (exact) mass is 460 g/mol. The average molecular weight is 462 g/mol. The maximum absolute atomic E-state index is 11.3. The topological polar surface area (TPSA) is 75.6 Å². The van der Waals surface area contributed by atoms with Crippen LogP contribution in [0.2, 0.25) is 10.0 Å². The molecule has 150 valence electrons. The summed E-state index contributed by atoms with van der Waals surface area (Å²) in [4.78, 5) is 16.0. The molecule has 1 saturated heterocycles. The highest BCUT2D eigenvalue weighted by Gasteiger charge is 2.28. The fourth-order valence-corrected chi connectivity index (χ4v) is 4.50. The van der Waals surface area contributed by atoms with Crippen LogP contribution in [0.1, 0.15) is 28.8 Å². The van der Waals surface area contributed by atoms with Crippen molar-refractivity contribution >= 4 is 58.6 Å². The maximum Gasteiger partial charge on any atom is 0.246 e. The Morgan fingerprint density at radius 1 is 1.29 bits per heavy atom. The van der Waals surface area contributed by atoms with E-state index in [9.17, 15) is 4.79 Å². The van der Waals surface area contributed by atoms with Gasteiger partial charge in [-0.1, -0.05) is 29.3 Å². The quantitative estimate of drug-likeness (QED) is 0.729. The molecule has 28 heavy (non-hydrogen) atoms. The number of thiazole rings is 1. The molecule has 0 bridgehead atoms. The summed E-state index contributed by atoms with van der Waals surface area (Å²) in [5, 5.41) is 11.5. The number of benzene rings is 1. The molecular formula is C18H19Cl3N4O2S. The van der Waals surface area contributed by atoms with Crippen molar-refractivity contribution in [2.45, 2.75) is 18.9 Å². The zero-order valence-corrected chi connectivity index (χ0v) is 17.9. The molecule has 6 nitrogen and oxygen atoms in total. The third kappa shape index (κ3) is 4.84. The first-order valence-corrected chi connectivity index (χ1v) is 10.3. The van der Waals surface area contributed by atoms with Gasteiger partial charge in [0.25, 0.3) is 0 Å². The van der Waals surface area contributed by atoms with Gasteiger partial charge in [0.2, 0.25) is 5.91 Å². The molecule has 2 aromatic rings. The Balaban J connectivity index is 0.00000225. The Kier molecular flexibility index (Phi) is 7.31. The molecule has 0 saturated carbocycles. The number of hydrogen-bond acceptors (Lipinski definition) is 6. The predicted octanol–water partition coefficient (Wildman–Crippen LogP) is 3.62. The molecular weight excluding hydrogens is 443 g/mol. The summed E-state index contributed by atoms with van der Waals surface area (Å²) in [7, 11) is 0. The molecule has 2 aliphatic rings. The first-order valence-electron chi connectivity index (χ1n) is 8.67. The van der Waals surface area contributed by atoms with Gasteiger partial charge in [-0.25, -0.2) is 10.4 Å². The van der Waals surface area contributed by atoms with Crippen LogP contribution in [0.15, 0.2) is 28.7 Å². The highest BCUT2D eigenvalue weighted by Crippen LogP contribution is 2.34. The highest BCUT2D eigenvalue weighted by atomic mass is 35.5. The lowest BCUT2D eigenvalue weighted by atomic mass is 9.93. The molecule has 2 atom stereocenters. The number of rotatable bonds is 4. The molecule has 3 heterocycles. The molecule has 10 heteroatoms.